The standard InChI is InChI=1S/C23H23ClN4O2/c1-15(2)12-27-22(29)20-21(28(23(27)30)18-10-8-16(3)9-11-18)25-14-26(20)13-17-6-4-5-7-19(17)24/h4-11,14-15H,12-13H2,1-3H3. The highest BCUT2D eigenvalue weighted by Gasteiger charge is 2.20. The molecular weight excluding hydrogens is 400 g/mol. The molecule has 0 N–H and O–H groups in total. The first-order valence-electron chi connectivity index (χ1n) is 9.88. The first-order chi connectivity index (χ1) is 14.4. The van der Waals surface area contributed by atoms with Crippen LogP contribution in [0.25, 0.3) is 16.9 Å². The van der Waals surface area contributed by atoms with Gasteiger partial charge in [-0.15, -0.1) is 0 Å². The second kappa shape index (κ2) is 7.95. The third-order valence-corrected chi connectivity index (χ3v) is 5.41. The molecule has 7 heteroatoms. The molecule has 0 unspecified atom stereocenters. The Balaban J connectivity index is 2.00. The van der Waals surface area contributed by atoms with Crippen LogP contribution < -0.4 is 11.2 Å². The van der Waals surface area contributed by atoms with Crippen LogP contribution >= 0.6 is 11.6 Å². The van der Waals surface area contributed by atoms with Crippen LogP contribution in [0.2, 0.25) is 5.02 Å². The molecule has 0 spiro atoms. The largest absolute Gasteiger partial charge is 0.337 e. The van der Waals surface area contributed by atoms with Crippen molar-refractivity contribution in [2.45, 2.75) is 33.9 Å². The molecule has 0 amide bonds. The fourth-order valence-corrected chi connectivity index (χ4v) is 3.76. The van der Waals surface area contributed by atoms with Crippen LogP contribution in [0.3, 0.4) is 0 Å². The summed E-state index contributed by atoms with van der Waals surface area (Å²) in [5.41, 5.74) is 2.65. The fourth-order valence-electron chi connectivity index (χ4n) is 3.56. The lowest BCUT2D eigenvalue weighted by Crippen LogP contribution is -2.41. The molecule has 2 aromatic heterocycles. The van der Waals surface area contributed by atoms with Crippen molar-refractivity contribution in [1.29, 1.82) is 0 Å². The highest BCUT2D eigenvalue weighted by atomic mass is 35.5. The van der Waals surface area contributed by atoms with Gasteiger partial charge in [0.2, 0.25) is 0 Å². The van der Waals surface area contributed by atoms with E-state index < -0.39 is 0 Å². The van der Waals surface area contributed by atoms with E-state index in [1.165, 1.54) is 9.13 Å². The van der Waals surface area contributed by atoms with Gasteiger partial charge in [-0.25, -0.2) is 14.3 Å². The zero-order chi connectivity index (χ0) is 21.4. The summed E-state index contributed by atoms with van der Waals surface area (Å²) in [6.07, 6.45) is 1.60. The SMILES string of the molecule is Cc1ccc(-n2c(=O)n(CC(C)C)c(=O)c3c2ncn3Cc2ccccc2Cl)cc1. The monoisotopic (exact) mass is 422 g/mol. The third-order valence-electron chi connectivity index (χ3n) is 5.04. The summed E-state index contributed by atoms with van der Waals surface area (Å²) in [4.78, 5) is 31.1. The first kappa shape index (κ1) is 20.2. The van der Waals surface area contributed by atoms with E-state index in [-0.39, 0.29) is 17.2 Å². The molecule has 30 heavy (non-hydrogen) atoms. The zero-order valence-corrected chi connectivity index (χ0v) is 17.9. The Hall–Kier alpha value is -3.12. The number of aromatic nitrogens is 4. The average Bonchev–Trinajstić information content (AvgIpc) is 3.12. The van der Waals surface area contributed by atoms with Crippen molar-refractivity contribution in [3.63, 3.8) is 0 Å². The van der Waals surface area contributed by atoms with Gasteiger partial charge in [-0.1, -0.05) is 61.3 Å². The maximum atomic E-state index is 13.3. The van der Waals surface area contributed by atoms with Crippen LogP contribution in [0.15, 0.2) is 64.4 Å². The molecule has 0 saturated carbocycles. The molecule has 0 bridgehead atoms. The number of hydrogen-bond donors (Lipinski definition) is 0. The summed E-state index contributed by atoms with van der Waals surface area (Å²) >= 11 is 6.33. The van der Waals surface area contributed by atoms with Gasteiger partial charge in [0.1, 0.15) is 0 Å². The molecule has 0 aliphatic carbocycles. The van der Waals surface area contributed by atoms with Gasteiger partial charge in [0.05, 0.1) is 18.6 Å². The smallest absolute Gasteiger partial charge is 0.320 e. The Labute approximate surface area is 179 Å². The molecule has 4 rings (SSSR count). The topological polar surface area (TPSA) is 61.8 Å². The number of hydrogen-bond acceptors (Lipinski definition) is 3. The molecule has 2 heterocycles. The van der Waals surface area contributed by atoms with Crippen molar-refractivity contribution in [2.75, 3.05) is 0 Å². The van der Waals surface area contributed by atoms with Crippen LogP contribution in [-0.2, 0) is 13.1 Å². The van der Waals surface area contributed by atoms with E-state index in [4.69, 9.17) is 11.6 Å². The average molecular weight is 423 g/mol. The summed E-state index contributed by atoms with van der Waals surface area (Å²) in [6.45, 7) is 6.66. The van der Waals surface area contributed by atoms with Gasteiger partial charge >= 0.3 is 5.69 Å². The van der Waals surface area contributed by atoms with E-state index in [0.717, 1.165) is 11.1 Å². The van der Waals surface area contributed by atoms with Crippen LogP contribution in [-0.4, -0.2) is 18.7 Å². The first-order valence-corrected chi connectivity index (χ1v) is 10.3. The van der Waals surface area contributed by atoms with Gasteiger partial charge in [-0.2, -0.15) is 0 Å². The molecule has 154 valence electrons. The quantitative estimate of drug-likeness (QED) is 0.488. The Morgan fingerprint density at radius 2 is 1.73 bits per heavy atom. The normalized spacial score (nSPS) is 11.5. The van der Waals surface area contributed by atoms with Crippen molar-refractivity contribution in [3.05, 3.63) is 91.8 Å². The lowest BCUT2D eigenvalue weighted by atomic mass is 10.2. The van der Waals surface area contributed by atoms with E-state index in [9.17, 15) is 9.59 Å². The van der Waals surface area contributed by atoms with Gasteiger partial charge < -0.3 is 4.57 Å². The number of benzene rings is 2. The lowest BCUT2D eigenvalue weighted by Gasteiger charge is -2.14. The molecule has 0 radical (unpaired) electrons. The van der Waals surface area contributed by atoms with Crippen LogP contribution in [0.5, 0.6) is 0 Å². The zero-order valence-electron chi connectivity index (χ0n) is 17.2. The lowest BCUT2D eigenvalue weighted by molar-refractivity contribution is 0.489. The molecule has 0 aliphatic heterocycles. The second-order valence-corrected chi connectivity index (χ2v) is 8.31. The molecule has 0 aliphatic rings. The van der Waals surface area contributed by atoms with E-state index >= 15 is 0 Å². The van der Waals surface area contributed by atoms with Crippen LogP contribution in [0, 0.1) is 12.8 Å². The maximum Gasteiger partial charge on any atom is 0.337 e. The Morgan fingerprint density at radius 3 is 2.40 bits per heavy atom. The van der Waals surface area contributed by atoms with E-state index in [2.05, 4.69) is 4.98 Å². The van der Waals surface area contributed by atoms with Crippen LogP contribution in [0.4, 0.5) is 0 Å². The number of aryl methyl sites for hydroxylation is 1. The molecule has 4 aromatic rings. The fraction of sp³-hybridized carbons (Fsp3) is 0.261. The molecule has 6 nitrogen and oxygen atoms in total. The predicted octanol–water partition coefficient (Wildman–Crippen LogP) is 4.02. The van der Waals surface area contributed by atoms with Crippen molar-refractivity contribution < 1.29 is 0 Å². The molecule has 0 fully saturated rings. The highest BCUT2D eigenvalue weighted by molar-refractivity contribution is 6.31. The molecule has 0 saturated heterocycles. The minimum Gasteiger partial charge on any atom is -0.320 e. The summed E-state index contributed by atoms with van der Waals surface area (Å²) in [5.74, 6) is 0.138. The molecular formula is C23H23ClN4O2. The number of fused-ring (bicyclic) bond motifs is 1. The highest BCUT2D eigenvalue weighted by Crippen LogP contribution is 2.19. The Kier molecular flexibility index (Phi) is 5.35. The summed E-state index contributed by atoms with van der Waals surface area (Å²) in [6, 6.07) is 15.1. The number of halogens is 1. The third kappa shape index (κ3) is 3.59. The number of rotatable bonds is 5. The van der Waals surface area contributed by atoms with Gasteiger partial charge in [-0.05, 0) is 36.6 Å². The van der Waals surface area contributed by atoms with E-state index in [0.29, 0.717) is 35.0 Å². The molecule has 0 atom stereocenters. The minimum atomic E-state index is -0.381. The minimum absolute atomic E-state index is 0.138. The van der Waals surface area contributed by atoms with Gasteiger partial charge in [-0.3, -0.25) is 9.36 Å². The summed E-state index contributed by atoms with van der Waals surface area (Å²) < 4.78 is 4.58. The van der Waals surface area contributed by atoms with Crippen molar-refractivity contribution in [1.82, 2.24) is 18.7 Å². The van der Waals surface area contributed by atoms with Crippen molar-refractivity contribution in [3.8, 4) is 5.69 Å². The molecule has 2 aromatic carbocycles. The number of nitrogens with zero attached hydrogens (tertiary/aromatic N) is 4. The summed E-state index contributed by atoms with van der Waals surface area (Å²) in [5, 5.41) is 0.619. The van der Waals surface area contributed by atoms with Crippen molar-refractivity contribution >= 4 is 22.8 Å². The Bertz CT molecular complexity index is 1330. The Morgan fingerprint density at radius 1 is 1.03 bits per heavy atom. The van der Waals surface area contributed by atoms with Gasteiger partial charge in [0.15, 0.2) is 11.2 Å². The maximum absolute atomic E-state index is 13.3. The van der Waals surface area contributed by atoms with Gasteiger partial charge in [0, 0.05) is 11.6 Å². The van der Waals surface area contributed by atoms with Gasteiger partial charge in [0.25, 0.3) is 5.56 Å². The predicted molar refractivity (Wildman–Crippen MR) is 120 cm³/mol. The second-order valence-electron chi connectivity index (χ2n) is 7.90. The van der Waals surface area contributed by atoms with E-state index in [1.807, 2.05) is 69.3 Å². The summed E-state index contributed by atoms with van der Waals surface area (Å²) in [7, 11) is 0. The van der Waals surface area contributed by atoms with Crippen LogP contribution in [0.1, 0.15) is 25.0 Å². The van der Waals surface area contributed by atoms with E-state index in [1.54, 1.807) is 10.9 Å². The van der Waals surface area contributed by atoms with Crippen molar-refractivity contribution in [2.24, 2.45) is 5.92 Å². The number of imidazole rings is 1.